The van der Waals surface area contributed by atoms with Crippen molar-refractivity contribution in [2.75, 3.05) is 18.1 Å². The third-order valence-electron chi connectivity index (χ3n) is 6.21. The molecule has 0 spiro atoms. The molecule has 2 aliphatic rings. The van der Waals surface area contributed by atoms with Gasteiger partial charge >= 0.3 is 5.97 Å². The predicted octanol–water partition coefficient (Wildman–Crippen LogP) is 2.48. The minimum Gasteiger partial charge on any atom is -0.448 e. The van der Waals surface area contributed by atoms with Gasteiger partial charge in [0.05, 0.1) is 0 Å². The van der Waals surface area contributed by atoms with Crippen LogP contribution in [0.25, 0.3) is 0 Å². The van der Waals surface area contributed by atoms with Gasteiger partial charge in [0.1, 0.15) is 23.7 Å². The van der Waals surface area contributed by atoms with Crippen molar-refractivity contribution in [1.29, 1.82) is 0 Å². The van der Waals surface area contributed by atoms with E-state index in [9.17, 15) is 14.4 Å². The molecule has 1 unspecified atom stereocenters. The Morgan fingerprint density at radius 2 is 1.85 bits per heavy atom. The number of ether oxygens (including phenoxy) is 1. The van der Waals surface area contributed by atoms with Crippen molar-refractivity contribution in [2.24, 2.45) is 5.16 Å². The zero-order chi connectivity index (χ0) is 28.9. The van der Waals surface area contributed by atoms with Crippen LogP contribution in [0.15, 0.2) is 77.1 Å². The minimum atomic E-state index is -0.962. The molecule has 13 heteroatoms. The number of fused-ring (bicyclic) bond motifs is 1. The molecule has 1 aromatic heterocycles. The lowest BCUT2D eigenvalue weighted by molar-refractivity contribution is -0.154. The second-order valence-corrected chi connectivity index (χ2v) is 10.6. The molecule has 0 bridgehead atoms. The first-order valence-corrected chi connectivity index (χ1v) is 14.3. The van der Waals surface area contributed by atoms with Gasteiger partial charge in [-0.3, -0.25) is 14.5 Å². The Kier molecular flexibility index (Phi) is 8.32. The van der Waals surface area contributed by atoms with Gasteiger partial charge in [-0.25, -0.2) is 4.79 Å². The molecule has 208 valence electrons. The largest absolute Gasteiger partial charge is 0.448 e. The Bertz CT molecular complexity index is 1530. The molecule has 5 rings (SSSR count). The standard InChI is InChI=1S/C28H24N6O5S2/c1-3-16-15-40-26-20(30-24(35)19(32-38-4-2)23-31-28(29)41-33-23)25(36)34(26)21(16)27(37)39-22(17-11-7-5-8-12-17)18-13-9-6-10-14-18/h1,5-14,20,22,26H,4,15H2,2H3,(H,30,35)(H2,29,31,33)/b32-19-/t20?,26-/m1/s1. The van der Waals surface area contributed by atoms with Crippen molar-refractivity contribution in [2.45, 2.75) is 24.4 Å². The fraction of sp³-hybridized carbons (Fsp3) is 0.214. The third-order valence-corrected chi connectivity index (χ3v) is 8.03. The van der Waals surface area contributed by atoms with Gasteiger partial charge in [-0.05, 0) is 18.1 Å². The summed E-state index contributed by atoms with van der Waals surface area (Å²) in [5.74, 6) is 0.796. The number of nitrogens with zero attached hydrogens (tertiary/aromatic N) is 4. The fourth-order valence-corrected chi connectivity index (χ4v) is 6.05. The highest BCUT2D eigenvalue weighted by molar-refractivity contribution is 8.00. The fourth-order valence-electron chi connectivity index (χ4n) is 4.32. The van der Waals surface area contributed by atoms with Gasteiger partial charge in [-0.2, -0.15) is 9.36 Å². The number of terminal acetylenes is 1. The Balaban J connectivity index is 1.37. The molecule has 0 radical (unpaired) electrons. The van der Waals surface area contributed by atoms with Crippen LogP contribution in [0.2, 0.25) is 0 Å². The summed E-state index contributed by atoms with van der Waals surface area (Å²) in [6.45, 7) is 1.90. The van der Waals surface area contributed by atoms with E-state index in [4.69, 9.17) is 21.7 Å². The molecular weight excluding hydrogens is 564 g/mol. The topological polar surface area (TPSA) is 149 Å². The molecule has 3 N–H and O–H groups in total. The van der Waals surface area contributed by atoms with Crippen LogP contribution in [0.4, 0.5) is 5.13 Å². The number of rotatable bonds is 9. The van der Waals surface area contributed by atoms with E-state index in [1.54, 1.807) is 6.92 Å². The number of benzene rings is 2. The van der Waals surface area contributed by atoms with E-state index in [0.29, 0.717) is 5.57 Å². The lowest BCUT2D eigenvalue weighted by atomic mass is 10.0. The van der Waals surface area contributed by atoms with Crippen LogP contribution in [0.3, 0.4) is 0 Å². The van der Waals surface area contributed by atoms with Crippen molar-refractivity contribution in [3.63, 3.8) is 0 Å². The molecule has 0 saturated carbocycles. The Morgan fingerprint density at radius 1 is 1.20 bits per heavy atom. The summed E-state index contributed by atoms with van der Waals surface area (Å²) in [4.78, 5) is 50.5. The van der Waals surface area contributed by atoms with E-state index in [1.165, 1.54) is 16.7 Å². The lowest BCUT2D eigenvalue weighted by Crippen LogP contribution is -2.71. The van der Waals surface area contributed by atoms with Gasteiger partial charge in [0.15, 0.2) is 11.2 Å². The highest BCUT2D eigenvalue weighted by Gasteiger charge is 2.55. The van der Waals surface area contributed by atoms with Crippen molar-refractivity contribution in [1.82, 2.24) is 19.6 Å². The summed E-state index contributed by atoms with van der Waals surface area (Å²) >= 11 is 2.22. The number of hydrogen-bond donors (Lipinski definition) is 2. The number of esters is 1. The molecule has 11 nitrogen and oxygen atoms in total. The summed E-state index contributed by atoms with van der Waals surface area (Å²) in [7, 11) is 0. The van der Waals surface area contributed by atoms with E-state index >= 15 is 0 Å². The van der Waals surface area contributed by atoms with E-state index in [2.05, 4.69) is 25.8 Å². The number of β-lactam (4-membered cyclic amide) rings is 1. The maximum atomic E-state index is 13.7. The van der Waals surface area contributed by atoms with E-state index in [1.807, 2.05) is 60.7 Å². The van der Waals surface area contributed by atoms with Crippen LogP contribution in [-0.4, -0.2) is 61.5 Å². The third kappa shape index (κ3) is 5.65. The van der Waals surface area contributed by atoms with Gasteiger partial charge < -0.3 is 20.6 Å². The molecule has 2 amide bonds. The Labute approximate surface area is 244 Å². The molecule has 0 aliphatic carbocycles. The van der Waals surface area contributed by atoms with Crippen molar-refractivity contribution >= 4 is 51.9 Å². The number of nitrogens with one attached hydrogen (secondary N) is 1. The van der Waals surface area contributed by atoms with E-state index in [0.717, 1.165) is 22.7 Å². The molecular formula is C28H24N6O5S2. The summed E-state index contributed by atoms with van der Waals surface area (Å²) in [5, 5.41) is 6.02. The number of amides is 2. The van der Waals surface area contributed by atoms with Crippen LogP contribution in [0.1, 0.15) is 30.0 Å². The molecule has 1 fully saturated rings. The Hall–Kier alpha value is -4.67. The molecule has 2 atom stereocenters. The number of nitrogen functional groups attached to an aromatic ring is 1. The second kappa shape index (κ2) is 12.2. The van der Waals surface area contributed by atoms with E-state index < -0.39 is 35.3 Å². The van der Waals surface area contributed by atoms with Crippen molar-refractivity contribution in [3.05, 3.63) is 88.9 Å². The maximum absolute atomic E-state index is 13.7. The number of thioether (sulfide) groups is 1. The highest BCUT2D eigenvalue weighted by atomic mass is 32.2. The Morgan fingerprint density at radius 3 is 2.41 bits per heavy atom. The number of hydrogen-bond acceptors (Lipinski definition) is 11. The van der Waals surface area contributed by atoms with Crippen LogP contribution in [-0.2, 0) is 24.0 Å². The first-order valence-electron chi connectivity index (χ1n) is 12.5. The summed E-state index contributed by atoms with van der Waals surface area (Å²) in [5.41, 5.74) is 7.27. The number of carbonyl (C=O) groups is 3. The zero-order valence-electron chi connectivity index (χ0n) is 21.7. The van der Waals surface area contributed by atoms with Gasteiger partial charge in [-0.1, -0.05) is 71.7 Å². The van der Waals surface area contributed by atoms with Crippen LogP contribution in [0.5, 0.6) is 0 Å². The average Bonchev–Trinajstić information content (AvgIpc) is 3.44. The lowest BCUT2D eigenvalue weighted by Gasteiger charge is -2.49. The summed E-state index contributed by atoms with van der Waals surface area (Å²) < 4.78 is 10.0. The van der Waals surface area contributed by atoms with Gasteiger partial charge in [-0.15, -0.1) is 18.2 Å². The van der Waals surface area contributed by atoms with E-state index in [-0.39, 0.29) is 34.7 Å². The van der Waals surface area contributed by atoms with Crippen molar-refractivity contribution < 1.29 is 24.0 Å². The van der Waals surface area contributed by atoms with Crippen molar-refractivity contribution in [3.8, 4) is 12.3 Å². The number of aromatic nitrogens is 2. The molecule has 2 aromatic carbocycles. The second-order valence-electron chi connectivity index (χ2n) is 8.75. The normalized spacial score (nSPS) is 18.3. The quantitative estimate of drug-likeness (QED) is 0.126. The van der Waals surface area contributed by atoms with Gasteiger partial charge in [0.2, 0.25) is 11.5 Å². The number of carbonyl (C=O) groups excluding carboxylic acids is 3. The smallest absolute Gasteiger partial charge is 0.357 e. The summed E-state index contributed by atoms with van der Waals surface area (Å²) in [6.07, 6.45) is 5.01. The average molecular weight is 589 g/mol. The van der Waals surface area contributed by atoms with Crippen LogP contribution in [0, 0.1) is 12.3 Å². The molecule has 3 heterocycles. The van der Waals surface area contributed by atoms with Gasteiger partial charge in [0, 0.05) is 22.9 Å². The molecule has 41 heavy (non-hydrogen) atoms. The summed E-state index contributed by atoms with van der Waals surface area (Å²) in [6, 6.07) is 17.6. The number of nitrogens with two attached hydrogens (primary N) is 1. The molecule has 2 aliphatic heterocycles. The van der Waals surface area contributed by atoms with Gasteiger partial charge in [0.25, 0.3) is 11.8 Å². The highest BCUT2D eigenvalue weighted by Crippen LogP contribution is 2.41. The molecule has 3 aromatic rings. The first kappa shape index (κ1) is 27.9. The first-order chi connectivity index (χ1) is 19.9. The van der Waals surface area contributed by atoms with Crippen LogP contribution >= 0.6 is 23.3 Å². The number of anilines is 1. The molecule has 1 saturated heterocycles. The zero-order valence-corrected chi connectivity index (χ0v) is 23.4. The predicted molar refractivity (Wildman–Crippen MR) is 154 cm³/mol. The number of oxime groups is 1. The minimum absolute atomic E-state index is 0.0132. The SMILES string of the molecule is C#CC1=C(C(=O)OC(c2ccccc2)c2ccccc2)N2C(=O)C(NC(=O)/C(=N\OCC)c3nsc(N)n3)[C@H]2SC1. The van der Waals surface area contributed by atoms with Crippen LogP contribution < -0.4 is 11.1 Å². The monoisotopic (exact) mass is 588 g/mol. The maximum Gasteiger partial charge on any atom is 0.357 e.